The number of fused-ring (bicyclic) bond motifs is 14. The van der Waals surface area contributed by atoms with Crippen LogP contribution in [0.25, 0.3) is 10.8 Å². The molecular weight excluding hydrogens is 1470 g/mol. The van der Waals surface area contributed by atoms with Gasteiger partial charge in [-0.05, 0) is 39.7 Å². The van der Waals surface area contributed by atoms with Gasteiger partial charge in [-0.15, -0.1) is 0 Å². The highest BCUT2D eigenvalue weighted by molar-refractivity contribution is 6.22. The lowest BCUT2D eigenvalue weighted by Crippen LogP contribution is -2.64. The molecule has 2 aromatic carbocycles. The number of primary amides is 1. The van der Waals surface area contributed by atoms with Gasteiger partial charge in [-0.25, -0.2) is 4.79 Å². The molecule has 4 aliphatic heterocycles. The van der Waals surface area contributed by atoms with E-state index in [1.165, 1.54) is 73.8 Å². The maximum atomic E-state index is 14.8. The monoisotopic (exact) mass is 1570 g/mol. The second-order valence-electron chi connectivity index (χ2n) is 27.9. The number of anilines is 1. The average molecular weight is 1570 g/mol. The molecule has 2 aromatic rings. The second kappa shape index (κ2) is 40.0. The first-order valence-corrected chi connectivity index (χ1v) is 35.3. The standard InChI is InChI=1S/C71H101N11O29/c1-27(2)37-21-41(86)40(25-83)79-65(100)39(78-69(104)51(70(105)106)82-66(101)42(87)24-76-67(102)49(35(10)84)80-68(103)50(81-64(37)99)56(93)57(94)61(72)96)23-75-63(98)34(9)73-18-19-74-45(88)26-108-44-22-38-55(92)47-46(44)48-59(33(8)54(47)91)111-71(12,60(48)95)109-20-17-43(107-13)30(5)58(110-36(11)85)32(7)53(90)31(6)52(89)28(3)15-14-16-29(4)62(97)77-38/h14-17,20,22,27-28,30-32,34-35,37,39-40,42-43,49-53,56-58,73,83-84,87,89-94H,18-19,21,23-26H2,1-13H3,(H2,72,96)(H,74,88)(H,75,98)(H,76,102)(H,77,97)(H,78,104)(H,79,100)(H,80,103)(H,81,99)(H,82,101)(H,105,106)/b15-14+,20-17+,29-16-/t28-,30+,31+,32+,34?,35?,37?,39?,40?,42?,43-,49?,50?,51?,52-,53+,56?,57?,58+,71-/m0/s1. The first-order chi connectivity index (χ1) is 51.8. The van der Waals surface area contributed by atoms with Gasteiger partial charge >= 0.3 is 17.7 Å². The summed E-state index contributed by atoms with van der Waals surface area (Å²) < 4.78 is 29.8. The molecule has 40 nitrogen and oxygen atoms in total. The topological polar surface area (TPSA) is 634 Å². The van der Waals surface area contributed by atoms with Gasteiger partial charge < -0.3 is 134 Å². The van der Waals surface area contributed by atoms with Gasteiger partial charge in [-0.2, -0.15) is 0 Å². The number of aromatic hydroxyl groups is 2. The quantitative estimate of drug-likeness (QED) is 0.0270. The first kappa shape index (κ1) is 91.2. The largest absolute Gasteiger partial charge is 0.507 e. The number of carboxylic acid groups (broad SMARTS) is 1. The Morgan fingerprint density at radius 1 is 0.757 bits per heavy atom. The third-order valence-corrected chi connectivity index (χ3v) is 19.2. The summed E-state index contributed by atoms with van der Waals surface area (Å²) in [6.45, 7) is 12.1. The normalized spacial score (nSPS) is 29.5. The Morgan fingerprint density at radius 2 is 1.40 bits per heavy atom. The number of phenols is 2. The van der Waals surface area contributed by atoms with Crippen molar-refractivity contribution in [1.82, 2.24) is 47.9 Å². The van der Waals surface area contributed by atoms with E-state index >= 15 is 0 Å². The lowest BCUT2D eigenvalue weighted by atomic mass is 9.78. The summed E-state index contributed by atoms with van der Waals surface area (Å²) in [6.07, 6.45) is -7.79. The predicted molar refractivity (Wildman–Crippen MR) is 385 cm³/mol. The highest BCUT2D eigenvalue weighted by Gasteiger charge is 2.50. The van der Waals surface area contributed by atoms with Crippen LogP contribution in [0, 0.1) is 42.4 Å². The Morgan fingerprint density at radius 3 is 1.99 bits per heavy atom. The molecule has 0 aliphatic carbocycles. The molecule has 1 fully saturated rings. The summed E-state index contributed by atoms with van der Waals surface area (Å²) in [4.78, 5) is 189. The van der Waals surface area contributed by atoms with Crippen LogP contribution in [0.2, 0.25) is 0 Å². The van der Waals surface area contributed by atoms with Gasteiger partial charge in [0.2, 0.25) is 41.5 Å². The van der Waals surface area contributed by atoms with Crippen molar-refractivity contribution in [3.8, 4) is 23.0 Å². The van der Waals surface area contributed by atoms with Gasteiger partial charge in [0.1, 0.15) is 59.7 Å². The molecule has 0 aromatic heterocycles. The van der Waals surface area contributed by atoms with E-state index in [0.29, 0.717) is 0 Å². The van der Waals surface area contributed by atoms with Crippen molar-refractivity contribution in [2.75, 3.05) is 51.8 Å². The van der Waals surface area contributed by atoms with E-state index in [4.69, 9.17) is 29.4 Å². The van der Waals surface area contributed by atoms with E-state index in [1.807, 2.05) is 16.0 Å². The van der Waals surface area contributed by atoms with Crippen LogP contribution in [0.1, 0.15) is 98.5 Å². The van der Waals surface area contributed by atoms with Gasteiger partial charge in [-0.1, -0.05) is 59.8 Å². The molecule has 10 amide bonds. The minimum absolute atomic E-state index is 0.0378. The molecule has 4 aliphatic rings. The van der Waals surface area contributed by atoms with Crippen LogP contribution in [0.4, 0.5) is 5.69 Å². The van der Waals surface area contributed by atoms with E-state index in [0.717, 1.165) is 19.3 Å². The number of ether oxygens (including phenoxy) is 5. The maximum absolute atomic E-state index is 14.8. The van der Waals surface area contributed by atoms with Gasteiger partial charge in [0, 0.05) is 99.2 Å². The zero-order chi connectivity index (χ0) is 83.7. The van der Waals surface area contributed by atoms with E-state index in [2.05, 4.69) is 31.9 Å². The number of allylic oxidation sites excluding steroid dienone is 2. The molecule has 6 rings (SSSR count). The van der Waals surface area contributed by atoms with Crippen LogP contribution in [0.3, 0.4) is 0 Å². The lowest BCUT2D eigenvalue weighted by Gasteiger charge is -2.38. The number of carbonyl (C=O) groups is 14. The number of hydrogen-bond donors (Lipinski definition) is 21. The average Bonchev–Trinajstić information content (AvgIpc) is 1.59. The summed E-state index contributed by atoms with van der Waals surface area (Å²) >= 11 is 0. The van der Waals surface area contributed by atoms with Crippen LogP contribution in [0.15, 0.2) is 42.2 Å². The third-order valence-electron chi connectivity index (χ3n) is 19.2. The number of β-amino-alcohol motifs (C(OH)–C–C–N with tert-alkyl or cyclic N) is 1. The fraction of sp³-hybridized carbons (Fsp3) is 0.577. The number of hydrogen-bond acceptors (Lipinski definition) is 29. The molecule has 4 heterocycles. The van der Waals surface area contributed by atoms with Crippen LogP contribution < -0.4 is 68.4 Å². The molecule has 40 heteroatoms. The summed E-state index contributed by atoms with van der Waals surface area (Å²) in [5, 5.41) is 131. The highest BCUT2D eigenvalue weighted by atomic mass is 16.7. The Labute approximate surface area is 636 Å². The van der Waals surface area contributed by atoms with Crippen molar-refractivity contribution in [3.63, 3.8) is 0 Å². The van der Waals surface area contributed by atoms with Crippen molar-refractivity contribution in [2.45, 2.75) is 180 Å². The van der Waals surface area contributed by atoms with Crippen molar-refractivity contribution in [1.29, 1.82) is 0 Å². The molecule has 5 bridgehead atoms. The van der Waals surface area contributed by atoms with Crippen LogP contribution >= 0.6 is 0 Å². The maximum Gasteiger partial charge on any atom is 0.336 e. The molecule has 614 valence electrons. The fourth-order valence-electron chi connectivity index (χ4n) is 12.3. The van der Waals surface area contributed by atoms with Crippen molar-refractivity contribution in [3.05, 3.63) is 53.3 Å². The highest BCUT2D eigenvalue weighted by Crippen LogP contribution is 2.54. The number of esters is 1. The fourth-order valence-corrected chi connectivity index (χ4v) is 12.3. The number of Topliss-reactive ketones (excluding diaryl/α,β-unsaturated/α-hetero) is 2. The minimum Gasteiger partial charge on any atom is -0.507 e. The van der Waals surface area contributed by atoms with E-state index in [9.17, 15) is 118 Å². The smallest absolute Gasteiger partial charge is 0.336 e. The van der Waals surface area contributed by atoms with Crippen molar-refractivity contribution >= 4 is 99.0 Å². The summed E-state index contributed by atoms with van der Waals surface area (Å²) in [7, 11) is 1.36. The van der Waals surface area contributed by atoms with Gasteiger partial charge in [-0.3, -0.25) is 62.3 Å². The summed E-state index contributed by atoms with van der Waals surface area (Å²) in [5.41, 5.74) is 4.39. The summed E-state index contributed by atoms with van der Waals surface area (Å²) in [6, 6.07) is -11.5. The Hall–Kier alpha value is -10.5. The number of ketones is 2. The second-order valence-corrected chi connectivity index (χ2v) is 27.9. The number of carboxylic acids is 1. The number of rotatable bonds is 19. The number of aliphatic hydroxyl groups excluding tert-OH is 7. The number of methoxy groups -OCH3 is 1. The molecular formula is C71H101N11O29. The number of nitrogens with two attached hydrogens (primary N) is 1. The Bertz CT molecular complexity index is 3940. The summed E-state index contributed by atoms with van der Waals surface area (Å²) in [5.74, 6) is -27.8. The first-order valence-electron chi connectivity index (χ1n) is 35.3. The Balaban J connectivity index is 1.41. The van der Waals surface area contributed by atoms with Crippen LogP contribution in [0.5, 0.6) is 23.0 Å². The van der Waals surface area contributed by atoms with Crippen LogP contribution in [-0.2, 0) is 76.5 Å². The van der Waals surface area contributed by atoms with Gasteiger partial charge in [0.25, 0.3) is 29.4 Å². The molecule has 111 heavy (non-hydrogen) atoms. The molecule has 11 unspecified atom stereocenters. The number of aliphatic carboxylic acids is 1. The van der Waals surface area contributed by atoms with Crippen molar-refractivity contribution in [2.24, 2.45) is 41.2 Å². The zero-order valence-electron chi connectivity index (χ0n) is 63.3. The molecule has 0 saturated carbocycles. The van der Waals surface area contributed by atoms with Gasteiger partial charge in [0.15, 0.2) is 24.2 Å². The molecule has 20 atom stereocenters. The van der Waals surface area contributed by atoms with E-state index in [-0.39, 0.29) is 52.4 Å². The van der Waals surface area contributed by atoms with Gasteiger partial charge in [0.05, 0.1) is 66.5 Å². The van der Waals surface area contributed by atoms with Crippen LogP contribution in [-0.4, -0.2) is 271 Å². The predicted octanol–water partition coefficient (Wildman–Crippen LogP) is -5.55. The molecule has 0 radical (unpaired) electrons. The number of benzene rings is 2. The third kappa shape index (κ3) is 22.9. The van der Waals surface area contributed by atoms with Crippen molar-refractivity contribution < 1.29 is 142 Å². The Kier molecular flexibility index (Phi) is 32.8. The zero-order valence-corrected chi connectivity index (χ0v) is 63.3. The SMILES string of the molecule is CO[C@H]1/C=C/O[C@@]2(C)Oc3c(C)c(O)c4c(O)c(cc(OCC(=O)NCCNC(C)C(=O)NCC5NC(=O)C(C(=O)O)NC(=O)C(O)CNC(=O)C(C(C)O)NC(=O)C(C(O)C(O)C(N)=O)NC(=O)C(C(C)C)CC(=O)C(CO)NC5=O)c4c3C2=O)NC(=O)/C(C)=C\C=C\[C@H](C)[C@H](O)[C@@H](C)[C@@H](O)[C@@H](C)[C@H](OC(C)=O)[C@@H]1C. The molecule has 0 spiro atoms. The van der Waals surface area contributed by atoms with E-state index < -0.39 is 259 Å². The molecule has 22 N–H and O–H groups in total. The molecule has 1 saturated heterocycles. The number of carbonyl (C=O) groups excluding carboxylic acids is 13. The number of amides is 10. The lowest BCUT2D eigenvalue weighted by molar-refractivity contribution is -0.160. The number of aliphatic hydroxyl groups is 7. The van der Waals surface area contributed by atoms with E-state index in [1.54, 1.807) is 39.1 Å². The number of nitrogens with one attached hydrogen (secondary N) is 10. The number of phenolic OH excluding ortho intramolecular Hbond substituents is 2. The minimum atomic E-state index is -2.68.